The lowest BCUT2D eigenvalue weighted by molar-refractivity contribution is -0.139. The van der Waals surface area contributed by atoms with E-state index in [0.717, 1.165) is 12.3 Å². The minimum Gasteiger partial charge on any atom is -0.324 e. The van der Waals surface area contributed by atoms with Crippen LogP contribution >= 0.6 is 11.6 Å². The van der Waals surface area contributed by atoms with E-state index < -0.39 is 29.8 Å². The number of hydrogen-bond donors (Lipinski definition) is 1. The second-order valence-electron chi connectivity index (χ2n) is 4.71. The fourth-order valence-corrected chi connectivity index (χ4v) is 2.14. The lowest BCUT2D eigenvalue weighted by Gasteiger charge is -2.11. The summed E-state index contributed by atoms with van der Waals surface area (Å²) in [4.78, 5) is 23.6. The SMILES string of the molecule is N#Cc1ccc(NC(=O)Cn2cccc(C(F)(F)F)c2=O)cc1Cl. The van der Waals surface area contributed by atoms with Crippen molar-refractivity contribution in [1.82, 2.24) is 4.57 Å². The van der Waals surface area contributed by atoms with Crippen molar-refractivity contribution in [2.45, 2.75) is 12.7 Å². The highest BCUT2D eigenvalue weighted by Gasteiger charge is 2.34. The number of carbonyl (C=O) groups excluding carboxylic acids is 1. The predicted molar refractivity (Wildman–Crippen MR) is 80.5 cm³/mol. The van der Waals surface area contributed by atoms with Gasteiger partial charge in [-0.15, -0.1) is 0 Å². The molecule has 0 unspecified atom stereocenters. The van der Waals surface area contributed by atoms with Crippen LogP contribution in [0.1, 0.15) is 11.1 Å². The van der Waals surface area contributed by atoms with Crippen LogP contribution < -0.4 is 10.9 Å². The van der Waals surface area contributed by atoms with E-state index in [2.05, 4.69) is 5.32 Å². The number of alkyl halides is 3. The third-order valence-electron chi connectivity index (χ3n) is 3.01. The van der Waals surface area contributed by atoms with Crippen LogP contribution in [0.25, 0.3) is 0 Å². The lowest BCUT2D eigenvalue weighted by atomic mass is 10.2. The molecule has 1 aromatic carbocycles. The number of nitrogens with zero attached hydrogens (tertiary/aromatic N) is 2. The lowest BCUT2D eigenvalue weighted by Crippen LogP contribution is -2.31. The van der Waals surface area contributed by atoms with Crippen molar-refractivity contribution in [3.05, 3.63) is 63.0 Å². The fourth-order valence-electron chi connectivity index (χ4n) is 1.92. The average molecular weight is 356 g/mol. The second kappa shape index (κ2) is 6.76. The van der Waals surface area contributed by atoms with E-state index in [1.54, 1.807) is 0 Å². The molecule has 1 N–H and O–H groups in total. The van der Waals surface area contributed by atoms with Crippen molar-refractivity contribution in [3.63, 3.8) is 0 Å². The first kappa shape index (κ1) is 17.6. The van der Waals surface area contributed by atoms with Crippen LogP contribution in [0.2, 0.25) is 5.02 Å². The van der Waals surface area contributed by atoms with E-state index in [1.807, 2.05) is 6.07 Å². The number of aromatic nitrogens is 1. The predicted octanol–water partition coefficient (Wildman–Crippen LogP) is 3.03. The minimum absolute atomic E-state index is 0.117. The zero-order valence-electron chi connectivity index (χ0n) is 11.9. The van der Waals surface area contributed by atoms with Gasteiger partial charge in [0, 0.05) is 11.9 Å². The zero-order valence-corrected chi connectivity index (χ0v) is 12.6. The van der Waals surface area contributed by atoms with Crippen molar-refractivity contribution in [3.8, 4) is 6.07 Å². The summed E-state index contributed by atoms with van der Waals surface area (Å²) in [6, 6.07) is 7.66. The number of hydrogen-bond acceptors (Lipinski definition) is 3. The Labute approximate surface area is 138 Å². The van der Waals surface area contributed by atoms with Gasteiger partial charge in [-0.1, -0.05) is 11.6 Å². The average Bonchev–Trinajstić information content (AvgIpc) is 2.48. The van der Waals surface area contributed by atoms with Crippen molar-refractivity contribution in [2.75, 3.05) is 5.32 Å². The molecule has 0 aliphatic heterocycles. The zero-order chi connectivity index (χ0) is 17.9. The van der Waals surface area contributed by atoms with E-state index in [1.165, 1.54) is 18.2 Å². The third kappa shape index (κ3) is 3.94. The first-order valence-electron chi connectivity index (χ1n) is 6.48. The second-order valence-corrected chi connectivity index (χ2v) is 5.11. The van der Waals surface area contributed by atoms with Gasteiger partial charge in [0.1, 0.15) is 18.2 Å². The Morgan fingerprint density at radius 3 is 2.62 bits per heavy atom. The van der Waals surface area contributed by atoms with Crippen LogP contribution in [-0.4, -0.2) is 10.5 Å². The largest absolute Gasteiger partial charge is 0.421 e. The van der Waals surface area contributed by atoms with Gasteiger partial charge in [-0.25, -0.2) is 0 Å². The summed E-state index contributed by atoms with van der Waals surface area (Å²) >= 11 is 5.82. The molecule has 0 fully saturated rings. The molecule has 0 aliphatic rings. The Morgan fingerprint density at radius 2 is 2.04 bits per heavy atom. The van der Waals surface area contributed by atoms with Crippen molar-refractivity contribution >= 4 is 23.2 Å². The summed E-state index contributed by atoms with van der Waals surface area (Å²) in [6.45, 7) is -0.597. The summed E-state index contributed by atoms with van der Waals surface area (Å²) in [6.07, 6.45) is -3.71. The third-order valence-corrected chi connectivity index (χ3v) is 3.33. The molecule has 1 amide bonds. The molecular formula is C15H9ClF3N3O2. The Bertz CT molecular complexity index is 885. The van der Waals surface area contributed by atoms with Crippen LogP contribution in [0.4, 0.5) is 18.9 Å². The number of pyridine rings is 1. The Morgan fingerprint density at radius 1 is 1.33 bits per heavy atom. The molecule has 0 aliphatic carbocycles. The molecule has 124 valence electrons. The van der Waals surface area contributed by atoms with Gasteiger partial charge in [-0.05, 0) is 30.3 Å². The van der Waals surface area contributed by atoms with Gasteiger partial charge < -0.3 is 9.88 Å². The number of carbonyl (C=O) groups is 1. The molecule has 0 spiro atoms. The van der Waals surface area contributed by atoms with Gasteiger partial charge in [0.15, 0.2) is 0 Å². The van der Waals surface area contributed by atoms with E-state index in [0.29, 0.717) is 10.6 Å². The molecule has 24 heavy (non-hydrogen) atoms. The summed E-state index contributed by atoms with van der Waals surface area (Å²) in [5.74, 6) is -0.711. The maximum atomic E-state index is 12.7. The van der Waals surface area contributed by atoms with Crippen molar-refractivity contribution in [2.24, 2.45) is 0 Å². The molecule has 0 bridgehead atoms. The molecule has 1 aromatic heterocycles. The summed E-state index contributed by atoms with van der Waals surface area (Å²) in [7, 11) is 0. The quantitative estimate of drug-likeness (QED) is 0.919. The van der Waals surface area contributed by atoms with E-state index >= 15 is 0 Å². The molecule has 9 heteroatoms. The molecule has 0 saturated heterocycles. The Balaban J connectivity index is 2.18. The Hall–Kier alpha value is -2.79. The number of nitrogens with one attached hydrogen (secondary N) is 1. The number of rotatable bonds is 3. The van der Waals surface area contributed by atoms with E-state index in [4.69, 9.17) is 16.9 Å². The van der Waals surface area contributed by atoms with Gasteiger partial charge in [-0.2, -0.15) is 18.4 Å². The normalized spacial score (nSPS) is 11.0. The van der Waals surface area contributed by atoms with Crippen LogP contribution in [0, 0.1) is 11.3 Å². The maximum absolute atomic E-state index is 12.7. The van der Waals surface area contributed by atoms with Gasteiger partial charge in [0.25, 0.3) is 5.56 Å². The summed E-state index contributed by atoms with van der Waals surface area (Å²) < 4.78 is 38.7. The van der Waals surface area contributed by atoms with E-state index in [9.17, 15) is 22.8 Å². The molecule has 2 aromatic rings. The van der Waals surface area contributed by atoms with Gasteiger partial charge in [-0.3, -0.25) is 9.59 Å². The molecule has 5 nitrogen and oxygen atoms in total. The number of halogens is 4. The molecule has 0 atom stereocenters. The van der Waals surface area contributed by atoms with Crippen LogP contribution in [0.15, 0.2) is 41.3 Å². The molecular weight excluding hydrogens is 347 g/mol. The summed E-state index contributed by atoms with van der Waals surface area (Å²) in [5, 5.41) is 11.3. The standard InChI is InChI=1S/C15H9ClF3N3O2/c16-12-6-10(4-3-9(12)7-20)21-13(23)8-22-5-1-2-11(14(22)24)15(17,18)19/h1-6H,8H2,(H,21,23). The first-order chi connectivity index (χ1) is 11.2. The van der Waals surface area contributed by atoms with Crippen LogP contribution in [-0.2, 0) is 17.5 Å². The first-order valence-corrected chi connectivity index (χ1v) is 6.86. The highest BCUT2D eigenvalue weighted by molar-refractivity contribution is 6.32. The molecule has 0 radical (unpaired) electrons. The number of amides is 1. The Kier molecular flexibility index (Phi) is 4.95. The molecule has 0 saturated carbocycles. The highest BCUT2D eigenvalue weighted by Crippen LogP contribution is 2.26. The smallest absolute Gasteiger partial charge is 0.324 e. The van der Waals surface area contributed by atoms with Gasteiger partial charge in [0.05, 0.1) is 10.6 Å². The van der Waals surface area contributed by atoms with Crippen molar-refractivity contribution in [1.29, 1.82) is 5.26 Å². The minimum atomic E-state index is -4.79. The summed E-state index contributed by atoms with van der Waals surface area (Å²) in [5.41, 5.74) is -2.19. The number of nitriles is 1. The van der Waals surface area contributed by atoms with Gasteiger partial charge >= 0.3 is 6.18 Å². The van der Waals surface area contributed by atoms with Crippen molar-refractivity contribution < 1.29 is 18.0 Å². The monoisotopic (exact) mass is 355 g/mol. The van der Waals surface area contributed by atoms with E-state index in [-0.39, 0.29) is 16.3 Å². The number of anilines is 1. The van der Waals surface area contributed by atoms with Gasteiger partial charge in [0.2, 0.25) is 5.91 Å². The topological polar surface area (TPSA) is 74.9 Å². The van der Waals surface area contributed by atoms with Crippen LogP contribution in [0.5, 0.6) is 0 Å². The molecule has 1 heterocycles. The number of benzene rings is 1. The fraction of sp³-hybridized carbons (Fsp3) is 0.133. The molecule has 2 rings (SSSR count). The maximum Gasteiger partial charge on any atom is 0.421 e. The highest BCUT2D eigenvalue weighted by atomic mass is 35.5. The van der Waals surface area contributed by atoms with Crippen LogP contribution in [0.3, 0.4) is 0 Å².